The third kappa shape index (κ3) is 2.43. The van der Waals surface area contributed by atoms with E-state index >= 15 is 0 Å². The molecule has 0 fully saturated rings. The summed E-state index contributed by atoms with van der Waals surface area (Å²) in [5.41, 5.74) is 2.60. The van der Waals surface area contributed by atoms with Crippen molar-refractivity contribution in [3.05, 3.63) is 52.0 Å². The number of ether oxygens (including phenoxy) is 2. The monoisotopic (exact) mass is 330 g/mol. The minimum Gasteiger partial charge on any atom is -0.454 e. The quantitative estimate of drug-likeness (QED) is 0.933. The molecule has 0 amide bonds. The van der Waals surface area contributed by atoms with Crippen LogP contribution in [0, 0.1) is 11.3 Å². The van der Waals surface area contributed by atoms with E-state index < -0.39 is 0 Å². The Hall–Kier alpha value is -2.19. The van der Waals surface area contributed by atoms with Gasteiger partial charge < -0.3 is 14.8 Å². The summed E-state index contributed by atoms with van der Waals surface area (Å²) >= 11 is 3.38. The second-order valence-electron chi connectivity index (χ2n) is 4.31. The van der Waals surface area contributed by atoms with E-state index in [1.165, 1.54) is 0 Å². The zero-order valence-corrected chi connectivity index (χ0v) is 12.1. The molecule has 1 aliphatic heterocycles. The van der Waals surface area contributed by atoms with E-state index in [1.54, 1.807) is 6.07 Å². The molecule has 100 valence electrons. The van der Waals surface area contributed by atoms with Crippen LogP contribution in [-0.2, 0) is 6.54 Å². The van der Waals surface area contributed by atoms with Crippen LogP contribution in [0.3, 0.4) is 0 Å². The Morgan fingerprint density at radius 2 is 2.15 bits per heavy atom. The van der Waals surface area contributed by atoms with Crippen LogP contribution in [0.4, 0.5) is 5.69 Å². The van der Waals surface area contributed by atoms with Crippen molar-refractivity contribution < 1.29 is 9.47 Å². The molecular weight excluding hydrogens is 320 g/mol. The molecule has 0 spiro atoms. The van der Waals surface area contributed by atoms with Gasteiger partial charge in [0.15, 0.2) is 11.5 Å². The summed E-state index contributed by atoms with van der Waals surface area (Å²) in [7, 11) is 0. The van der Waals surface area contributed by atoms with Crippen molar-refractivity contribution >= 4 is 21.6 Å². The van der Waals surface area contributed by atoms with Gasteiger partial charge in [-0.1, -0.05) is 12.1 Å². The third-order valence-corrected chi connectivity index (χ3v) is 3.71. The zero-order chi connectivity index (χ0) is 13.9. The first-order valence-electron chi connectivity index (χ1n) is 6.09. The standard InChI is InChI=1S/C15H11BrN2O2/c16-13-6-12(5-4-10(13)7-17)18-8-11-2-1-3-14-15(11)20-9-19-14/h1-6,18H,8-9H2. The number of benzene rings is 2. The summed E-state index contributed by atoms with van der Waals surface area (Å²) in [6.45, 7) is 0.902. The molecule has 0 unspecified atom stereocenters. The van der Waals surface area contributed by atoms with E-state index in [1.807, 2.05) is 30.3 Å². The Balaban J connectivity index is 1.76. The fourth-order valence-corrected chi connectivity index (χ4v) is 2.51. The SMILES string of the molecule is N#Cc1ccc(NCc2cccc3c2OCO3)cc1Br. The summed E-state index contributed by atoms with van der Waals surface area (Å²) in [5, 5.41) is 12.2. The summed E-state index contributed by atoms with van der Waals surface area (Å²) in [4.78, 5) is 0. The van der Waals surface area contributed by atoms with Crippen molar-refractivity contribution in [2.45, 2.75) is 6.54 Å². The lowest BCUT2D eigenvalue weighted by molar-refractivity contribution is 0.173. The number of anilines is 1. The Bertz CT molecular complexity index is 695. The number of nitrogens with zero attached hydrogens (tertiary/aromatic N) is 1. The van der Waals surface area contributed by atoms with Crippen LogP contribution in [0.5, 0.6) is 11.5 Å². The van der Waals surface area contributed by atoms with E-state index in [0.29, 0.717) is 12.1 Å². The summed E-state index contributed by atoms with van der Waals surface area (Å²) < 4.78 is 11.6. The van der Waals surface area contributed by atoms with E-state index in [4.69, 9.17) is 14.7 Å². The lowest BCUT2D eigenvalue weighted by Gasteiger charge is -2.09. The summed E-state index contributed by atoms with van der Waals surface area (Å²) in [5.74, 6) is 1.58. The van der Waals surface area contributed by atoms with Crippen LogP contribution in [0.1, 0.15) is 11.1 Å². The number of halogens is 1. The van der Waals surface area contributed by atoms with Gasteiger partial charge in [-0.25, -0.2) is 0 Å². The molecule has 0 aromatic heterocycles. The molecule has 1 heterocycles. The molecule has 0 bridgehead atoms. The van der Waals surface area contributed by atoms with Crippen LogP contribution >= 0.6 is 15.9 Å². The van der Waals surface area contributed by atoms with Crippen molar-refractivity contribution in [2.75, 3.05) is 12.1 Å². The minimum atomic E-state index is 0.273. The highest BCUT2D eigenvalue weighted by Gasteiger charge is 2.16. The average molecular weight is 331 g/mol. The number of hydrogen-bond donors (Lipinski definition) is 1. The molecule has 0 radical (unpaired) electrons. The average Bonchev–Trinajstić information content (AvgIpc) is 2.94. The van der Waals surface area contributed by atoms with Gasteiger partial charge in [0.25, 0.3) is 0 Å². The minimum absolute atomic E-state index is 0.273. The smallest absolute Gasteiger partial charge is 0.231 e. The molecule has 0 aliphatic carbocycles. The Morgan fingerprint density at radius 1 is 1.25 bits per heavy atom. The molecule has 3 rings (SSSR count). The van der Waals surface area contributed by atoms with Crippen LogP contribution < -0.4 is 14.8 Å². The lowest BCUT2D eigenvalue weighted by atomic mass is 10.1. The largest absolute Gasteiger partial charge is 0.454 e. The number of nitrogens with one attached hydrogen (secondary N) is 1. The van der Waals surface area contributed by atoms with E-state index in [9.17, 15) is 0 Å². The molecule has 0 saturated carbocycles. The first-order valence-corrected chi connectivity index (χ1v) is 6.88. The lowest BCUT2D eigenvalue weighted by Crippen LogP contribution is -2.01. The maximum Gasteiger partial charge on any atom is 0.231 e. The van der Waals surface area contributed by atoms with Gasteiger partial charge in [-0.3, -0.25) is 0 Å². The van der Waals surface area contributed by atoms with Gasteiger partial charge in [-0.2, -0.15) is 5.26 Å². The Morgan fingerprint density at radius 3 is 2.95 bits per heavy atom. The van der Waals surface area contributed by atoms with Gasteiger partial charge >= 0.3 is 0 Å². The normalized spacial score (nSPS) is 12.0. The Labute approximate surface area is 125 Å². The predicted molar refractivity (Wildman–Crippen MR) is 78.7 cm³/mol. The van der Waals surface area contributed by atoms with Crippen LogP contribution in [0.2, 0.25) is 0 Å². The maximum atomic E-state index is 8.89. The molecule has 1 aliphatic rings. The number of hydrogen-bond acceptors (Lipinski definition) is 4. The second-order valence-corrected chi connectivity index (χ2v) is 5.17. The highest BCUT2D eigenvalue weighted by molar-refractivity contribution is 9.10. The molecule has 1 N–H and O–H groups in total. The van der Waals surface area contributed by atoms with Gasteiger partial charge in [-0.15, -0.1) is 0 Å². The second kappa shape index (κ2) is 5.43. The molecule has 2 aromatic carbocycles. The number of para-hydroxylation sites is 1. The van der Waals surface area contributed by atoms with Crippen LogP contribution in [0.25, 0.3) is 0 Å². The fourth-order valence-electron chi connectivity index (χ4n) is 2.04. The van der Waals surface area contributed by atoms with Crippen molar-refractivity contribution in [3.63, 3.8) is 0 Å². The molecule has 2 aromatic rings. The van der Waals surface area contributed by atoms with E-state index in [2.05, 4.69) is 27.3 Å². The topological polar surface area (TPSA) is 54.3 Å². The van der Waals surface area contributed by atoms with Gasteiger partial charge in [0.2, 0.25) is 6.79 Å². The van der Waals surface area contributed by atoms with Crippen LogP contribution in [-0.4, -0.2) is 6.79 Å². The molecule has 4 nitrogen and oxygen atoms in total. The number of fused-ring (bicyclic) bond motifs is 1. The highest BCUT2D eigenvalue weighted by Crippen LogP contribution is 2.35. The van der Waals surface area contributed by atoms with Gasteiger partial charge in [0, 0.05) is 22.3 Å². The van der Waals surface area contributed by atoms with E-state index in [-0.39, 0.29) is 6.79 Å². The third-order valence-electron chi connectivity index (χ3n) is 3.05. The van der Waals surface area contributed by atoms with Crippen molar-refractivity contribution in [1.82, 2.24) is 0 Å². The molecule has 0 saturated heterocycles. The molecule has 0 atom stereocenters. The first-order chi connectivity index (χ1) is 9.78. The summed E-state index contributed by atoms with van der Waals surface area (Å²) in [6.07, 6.45) is 0. The molecular formula is C15H11BrN2O2. The van der Waals surface area contributed by atoms with Crippen LogP contribution in [0.15, 0.2) is 40.9 Å². The predicted octanol–water partition coefficient (Wildman–Crippen LogP) is 3.66. The van der Waals surface area contributed by atoms with Gasteiger partial charge in [0.05, 0.1) is 5.56 Å². The molecule has 5 heteroatoms. The first kappa shape index (κ1) is 12.8. The van der Waals surface area contributed by atoms with Gasteiger partial charge in [0.1, 0.15) is 6.07 Å². The maximum absolute atomic E-state index is 8.89. The van der Waals surface area contributed by atoms with Crippen molar-refractivity contribution in [3.8, 4) is 17.6 Å². The van der Waals surface area contributed by atoms with Crippen molar-refractivity contribution in [1.29, 1.82) is 5.26 Å². The fraction of sp³-hybridized carbons (Fsp3) is 0.133. The summed E-state index contributed by atoms with van der Waals surface area (Å²) in [6, 6.07) is 13.5. The molecule has 20 heavy (non-hydrogen) atoms. The Kier molecular flexibility index (Phi) is 3.48. The highest BCUT2D eigenvalue weighted by atomic mass is 79.9. The number of nitriles is 1. The van der Waals surface area contributed by atoms with Crippen molar-refractivity contribution in [2.24, 2.45) is 0 Å². The zero-order valence-electron chi connectivity index (χ0n) is 10.5. The van der Waals surface area contributed by atoms with E-state index in [0.717, 1.165) is 27.2 Å². The van der Waals surface area contributed by atoms with Gasteiger partial charge in [-0.05, 0) is 40.2 Å². The number of rotatable bonds is 3.